The van der Waals surface area contributed by atoms with Crippen LogP contribution in [0.3, 0.4) is 0 Å². The molecule has 0 saturated heterocycles. The monoisotopic (exact) mass is 411 g/mol. The third-order valence-electron chi connectivity index (χ3n) is 6.82. The number of anilines is 2. The van der Waals surface area contributed by atoms with Crippen molar-refractivity contribution in [1.29, 1.82) is 0 Å². The lowest BCUT2D eigenvalue weighted by Crippen LogP contribution is -2.15. The standard InChI is InChI=1S/C31H25N/c1-31(2)28-14-8-13-26(22-10-4-3-5-11-22)30(28)27-18-17-25(20-29(27)31)32-24-16-15-21-9-6-7-12-23(21)19-24/h3-20,32H,1-2H3. The molecule has 0 saturated carbocycles. The highest BCUT2D eigenvalue weighted by Crippen LogP contribution is 2.52. The number of hydrogen-bond donors (Lipinski definition) is 1. The van der Waals surface area contributed by atoms with Crippen LogP contribution >= 0.6 is 0 Å². The first-order valence-electron chi connectivity index (χ1n) is 11.2. The van der Waals surface area contributed by atoms with Crippen LogP contribution in [0, 0.1) is 0 Å². The summed E-state index contributed by atoms with van der Waals surface area (Å²) in [6.07, 6.45) is 0. The molecule has 0 radical (unpaired) electrons. The van der Waals surface area contributed by atoms with E-state index in [1.807, 2.05) is 0 Å². The molecule has 154 valence electrons. The smallest absolute Gasteiger partial charge is 0.0390 e. The minimum absolute atomic E-state index is 0.0451. The second kappa shape index (κ2) is 7.10. The Bertz CT molecular complexity index is 1460. The molecule has 0 spiro atoms. The van der Waals surface area contributed by atoms with Crippen molar-refractivity contribution in [2.75, 3.05) is 5.32 Å². The lowest BCUT2D eigenvalue weighted by molar-refractivity contribution is 0.661. The van der Waals surface area contributed by atoms with Crippen molar-refractivity contribution in [3.05, 3.63) is 120 Å². The highest BCUT2D eigenvalue weighted by molar-refractivity contribution is 5.93. The predicted molar refractivity (Wildman–Crippen MR) is 137 cm³/mol. The molecule has 1 nitrogen and oxygen atoms in total. The summed E-state index contributed by atoms with van der Waals surface area (Å²) < 4.78 is 0. The summed E-state index contributed by atoms with van der Waals surface area (Å²) in [6.45, 7) is 4.68. The molecule has 1 N–H and O–H groups in total. The van der Waals surface area contributed by atoms with Gasteiger partial charge in [0.15, 0.2) is 0 Å². The molecule has 5 aromatic carbocycles. The van der Waals surface area contributed by atoms with Crippen LogP contribution in [0.25, 0.3) is 33.0 Å². The number of nitrogens with one attached hydrogen (secondary N) is 1. The van der Waals surface area contributed by atoms with Crippen molar-refractivity contribution in [3.8, 4) is 22.3 Å². The molecule has 0 aromatic heterocycles. The van der Waals surface area contributed by atoms with Crippen molar-refractivity contribution in [2.45, 2.75) is 19.3 Å². The third-order valence-corrected chi connectivity index (χ3v) is 6.82. The van der Waals surface area contributed by atoms with Crippen LogP contribution in [-0.2, 0) is 5.41 Å². The van der Waals surface area contributed by atoms with Gasteiger partial charge in [-0.2, -0.15) is 0 Å². The third kappa shape index (κ3) is 2.93. The van der Waals surface area contributed by atoms with Gasteiger partial charge in [-0.1, -0.05) is 98.8 Å². The molecule has 6 rings (SSSR count). The molecule has 0 bridgehead atoms. The highest BCUT2D eigenvalue weighted by atomic mass is 14.9. The van der Waals surface area contributed by atoms with Crippen LogP contribution in [0.1, 0.15) is 25.0 Å². The van der Waals surface area contributed by atoms with Gasteiger partial charge in [-0.05, 0) is 68.4 Å². The minimum Gasteiger partial charge on any atom is -0.355 e. The molecule has 0 amide bonds. The Balaban J connectivity index is 1.44. The molecule has 0 fully saturated rings. The Labute approximate surface area is 189 Å². The first kappa shape index (κ1) is 18.9. The molecule has 0 unspecified atom stereocenters. The summed E-state index contributed by atoms with van der Waals surface area (Å²) >= 11 is 0. The molecule has 5 aromatic rings. The van der Waals surface area contributed by atoms with Crippen molar-refractivity contribution >= 4 is 22.1 Å². The van der Waals surface area contributed by atoms with Crippen LogP contribution in [0.4, 0.5) is 11.4 Å². The van der Waals surface area contributed by atoms with E-state index in [1.165, 1.54) is 44.2 Å². The first-order valence-corrected chi connectivity index (χ1v) is 11.2. The average Bonchev–Trinajstić information content (AvgIpc) is 3.06. The van der Waals surface area contributed by atoms with E-state index in [1.54, 1.807) is 0 Å². The number of fused-ring (bicyclic) bond motifs is 4. The maximum absolute atomic E-state index is 3.64. The zero-order valence-electron chi connectivity index (χ0n) is 18.4. The Morgan fingerprint density at radius 1 is 0.531 bits per heavy atom. The van der Waals surface area contributed by atoms with Gasteiger partial charge in [-0.3, -0.25) is 0 Å². The minimum atomic E-state index is -0.0451. The van der Waals surface area contributed by atoms with Gasteiger partial charge in [-0.25, -0.2) is 0 Å². The quantitative estimate of drug-likeness (QED) is 0.313. The first-order chi connectivity index (χ1) is 15.6. The van der Waals surface area contributed by atoms with E-state index in [9.17, 15) is 0 Å². The molecule has 1 aliphatic carbocycles. The fraction of sp³-hybridized carbons (Fsp3) is 0.0968. The van der Waals surface area contributed by atoms with E-state index in [-0.39, 0.29) is 5.41 Å². The van der Waals surface area contributed by atoms with Crippen LogP contribution in [0.2, 0.25) is 0 Å². The largest absolute Gasteiger partial charge is 0.355 e. The zero-order chi connectivity index (χ0) is 21.7. The summed E-state index contributed by atoms with van der Waals surface area (Å²) in [5.41, 5.74) is 10.3. The molecular weight excluding hydrogens is 386 g/mol. The normalized spacial score (nSPS) is 13.6. The summed E-state index contributed by atoms with van der Waals surface area (Å²) in [7, 11) is 0. The van der Waals surface area contributed by atoms with Crippen LogP contribution in [0.15, 0.2) is 109 Å². The van der Waals surface area contributed by atoms with E-state index in [4.69, 9.17) is 0 Å². The van der Waals surface area contributed by atoms with E-state index in [2.05, 4.69) is 128 Å². The van der Waals surface area contributed by atoms with Gasteiger partial charge in [0.2, 0.25) is 0 Å². The van der Waals surface area contributed by atoms with Gasteiger partial charge in [0.05, 0.1) is 0 Å². The molecule has 1 aliphatic rings. The van der Waals surface area contributed by atoms with Crippen LogP contribution in [0.5, 0.6) is 0 Å². The fourth-order valence-corrected chi connectivity index (χ4v) is 5.16. The molecule has 32 heavy (non-hydrogen) atoms. The van der Waals surface area contributed by atoms with Crippen molar-refractivity contribution < 1.29 is 0 Å². The molecule has 0 aliphatic heterocycles. The van der Waals surface area contributed by atoms with Gasteiger partial charge in [-0.15, -0.1) is 0 Å². The number of rotatable bonds is 3. The Morgan fingerprint density at radius 3 is 2.09 bits per heavy atom. The summed E-state index contributed by atoms with van der Waals surface area (Å²) in [5, 5.41) is 6.15. The Kier molecular flexibility index (Phi) is 4.19. The topological polar surface area (TPSA) is 12.0 Å². The molecular formula is C31H25N. The number of hydrogen-bond acceptors (Lipinski definition) is 1. The second-order valence-corrected chi connectivity index (χ2v) is 9.17. The Morgan fingerprint density at radius 2 is 1.25 bits per heavy atom. The summed E-state index contributed by atoms with van der Waals surface area (Å²) in [6, 6.07) is 39.3. The van der Waals surface area contributed by atoms with E-state index in [0.29, 0.717) is 0 Å². The second-order valence-electron chi connectivity index (χ2n) is 9.17. The van der Waals surface area contributed by atoms with Gasteiger partial charge in [0, 0.05) is 16.8 Å². The molecule has 0 heterocycles. The van der Waals surface area contributed by atoms with Gasteiger partial charge >= 0.3 is 0 Å². The maximum Gasteiger partial charge on any atom is 0.0390 e. The number of benzene rings is 5. The maximum atomic E-state index is 3.64. The fourth-order valence-electron chi connectivity index (χ4n) is 5.16. The summed E-state index contributed by atoms with van der Waals surface area (Å²) in [4.78, 5) is 0. The van der Waals surface area contributed by atoms with Gasteiger partial charge < -0.3 is 5.32 Å². The predicted octanol–water partition coefficient (Wildman–Crippen LogP) is 8.56. The summed E-state index contributed by atoms with van der Waals surface area (Å²) in [5.74, 6) is 0. The highest BCUT2D eigenvalue weighted by Gasteiger charge is 2.36. The molecule has 1 heteroatoms. The molecule has 0 atom stereocenters. The van der Waals surface area contributed by atoms with E-state index < -0.39 is 0 Å². The van der Waals surface area contributed by atoms with E-state index in [0.717, 1.165) is 11.4 Å². The Hall–Kier alpha value is -3.84. The van der Waals surface area contributed by atoms with Crippen molar-refractivity contribution in [1.82, 2.24) is 0 Å². The van der Waals surface area contributed by atoms with E-state index >= 15 is 0 Å². The van der Waals surface area contributed by atoms with Crippen molar-refractivity contribution in [2.24, 2.45) is 0 Å². The SMILES string of the molecule is CC1(C)c2cc(Nc3ccc4ccccc4c3)ccc2-c2c(-c3ccccc3)cccc21. The lowest BCUT2D eigenvalue weighted by atomic mass is 9.82. The van der Waals surface area contributed by atoms with Crippen LogP contribution in [-0.4, -0.2) is 0 Å². The van der Waals surface area contributed by atoms with Gasteiger partial charge in [0.1, 0.15) is 0 Å². The van der Waals surface area contributed by atoms with Crippen molar-refractivity contribution in [3.63, 3.8) is 0 Å². The average molecular weight is 412 g/mol. The zero-order valence-corrected chi connectivity index (χ0v) is 18.4. The van der Waals surface area contributed by atoms with Gasteiger partial charge in [0.25, 0.3) is 0 Å². The van der Waals surface area contributed by atoms with Crippen LogP contribution < -0.4 is 5.32 Å². The lowest BCUT2D eigenvalue weighted by Gasteiger charge is -2.22.